The first-order valence-electron chi connectivity index (χ1n) is 8.11. The summed E-state index contributed by atoms with van der Waals surface area (Å²) in [5.41, 5.74) is 5.93. The molecule has 2 heterocycles. The summed E-state index contributed by atoms with van der Waals surface area (Å²) in [6, 6.07) is 2.21. The number of alkyl halides is 3. The van der Waals surface area contributed by atoms with Gasteiger partial charge in [0, 0.05) is 25.6 Å². The molecule has 0 saturated carbocycles. The van der Waals surface area contributed by atoms with Crippen molar-refractivity contribution in [2.24, 2.45) is 5.73 Å². The summed E-state index contributed by atoms with van der Waals surface area (Å²) in [4.78, 5) is 13.7. The maximum absolute atomic E-state index is 13.7. The van der Waals surface area contributed by atoms with Gasteiger partial charge in [0.1, 0.15) is 11.6 Å². The van der Waals surface area contributed by atoms with Gasteiger partial charge in [-0.25, -0.2) is 8.78 Å². The largest absolute Gasteiger partial charge is 0.451 e. The fourth-order valence-electron chi connectivity index (χ4n) is 2.99. The second kappa shape index (κ2) is 7.22. The fraction of sp³-hybridized carbons (Fsp3) is 0.438. The molecule has 0 aliphatic carbocycles. The van der Waals surface area contributed by atoms with E-state index in [2.05, 4.69) is 10.2 Å². The number of hydrogen-bond acceptors (Lipinski definition) is 4. The van der Waals surface area contributed by atoms with Crippen molar-refractivity contribution in [1.29, 1.82) is 0 Å². The van der Waals surface area contributed by atoms with Crippen molar-refractivity contribution in [2.45, 2.75) is 38.1 Å². The molecule has 1 aromatic carbocycles. The monoisotopic (exact) mass is 389 g/mol. The van der Waals surface area contributed by atoms with Crippen molar-refractivity contribution < 1.29 is 26.7 Å². The van der Waals surface area contributed by atoms with Gasteiger partial charge in [0.25, 0.3) is 0 Å². The van der Waals surface area contributed by atoms with Gasteiger partial charge in [-0.2, -0.15) is 13.2 Å². The summed E-state index contributed by atoms with van der Waals surface area (Å²) >= 11 is 0. The van der Waals surface area contributed by atoms with Crippen LogP contribution in [0, 0.1) is 11.6 Å². The van der Waals surface area contributed by atoms with Crippen LogP contribution in [-0.2, 0) is 30.5 Å². The molecule has 1 aromatic heterocycles. The Balaban J connectivity index is 1.62. The van der Waals surface area contributed by atoms with Crippen LogP contribution < -0.4 is 5.73 Å². The fourth-order valence-corrected chi connectivity index (χ4v) is 2.99. The maximum Gasteiger partial charge on any atom is 0.451 e. The Morgan fingerprint density at radius 3 is 2.67 bits per heavy atom. The number of carbonyl (C=O) groups excluding carboxylic acids is 1. The number of aromatic nitrogens is 3. The Morgan fingerprint density at radius 1 is 1.22 bits per heavy atom. The van der Waals surface area contributed by atoms with E-state index in [1.54, 1.807) is 0 Å². The number of rotatable bonds is 4. The Labute approximate surface area is 150 Å². The molecular formula is C16H16F5N5O. The van der Waals surface area contributed by atoms with E-state index in [0.29, 0.717) is 0 Å². The minimum atomic E-state index is -4.62. The SMILES string of the molecule is N[C@H](CC(=O)N1CCn2c(nnc2C(F)(F)F)C1)Cc1cc(F)ccc1F. The van der Waals surface area contributed by atoms with Crippen molar-refractivity contribution >= 4 is 5.91 Å². The number of benzene rings is 1. The summed E-state index contributed by atoms with van der Waals surface area (Å²) in [5, 5.41) is 6.65. The Bertz CT molecular complexity index is 850. The van der Waals surface area contributed by atoms with E-state index in [0.717, 1.165) is 22.8 Å². The van der Waals surface area contributed by atoms with Crippen LogP contribution in [0.5, 0.6) is 0 Å². The lowest BCUT2D eigenvalue weighted by atomic mass is 10.0. The molecule has 0 fully saturated rings. The van der Waals surface area contributed by atoms with Crippen molar-refractivity contribution in [3.05, 3.63) is 47.0 Å². The summed E-state index contributed by atoms with van der Waals surface area (Å²) in [6.07, 6.45) is -4.82. The molecule has 27 heavy (non-hydrogen) atoms. The molecule has 2 N–H and O–H groups in total. The lowest BCUT2D eigenvalue weighted by Gasteiger charge is -2.29. The van der Waals surface area contributed by atoms with Crippen LogP contribution in [-0.4, -0.2) is 38.2 Å². The van der Waals surface area contributed by atoms with Crippen LogP contribution in [0.4, 0.5) is 22.0 Å². The van der Waals surface area contributed by atoms with E-state index < -0.39 is 35.6 Å². The van der Waals surface area contributed by atoms with Gasteiger partial charge in [-0.15, -0.1) is 10.2 Å². The van der Waals surface area contributed by atoms with Crippen molar-refractivity contribution in [2.75, 3.05) is 6.54 Å². The minimum absolute atomic E-state index is 0.0340. The molecule has 0 unspecified atom stereocenters. The number of nitrogens with two attached hydrogens (primary N) is 1. The van der Waals surface area contributed by atoms with Gasteiger partial charge >= 0.3 is 6.18 Å². The van der Waals surface area contributed by atoms with Gasteiger partial charge in [0.15, 0.2) is 5.82 Å². The zero-order valence-electron chi connectivity index (χ0n) is 14.0. The maximum atomic E-state index is 13.7. The first-order chi connectivity index (χ1) is 12.6. The molecule has 3 rings (SSSR count). The first-order valence-corrected chi connectivity index (χ1v) is 8.11. The molecule has 1 aliphatic heterocycles. The molecule has 6 nitrogen and oxygen atoms in total. The number of carbonyl (C=O) groups is 1. The molecule has 2 aromatic rings. The van der Waals surface area contributed by atoms with Crippen molar-refractivity contribution in [3.63, 3.8) is 0 Å². The molecule has 1 aliphatic rings. The summed E-state index contributed by atoms with van der Waals surface area (Å²) in [6.45, 7) is -0.159. The normalized spacial score (nSPS) is 15.6. The van der Waals surface area contributed by atoms with Crippen LogP contribution in [0.2, 0.25) is 0 Å². The number of nitrogens with zero attached hydrogens (tertiary/aromatic N) is 4. The van der Waals surface area contributed by atoms with E-state index in [4.69, 9.17) is 5.73 Å². The molecule has 1 amide bonds. The second-order valence-corrected chi connectivity index (χ2v) is 6.31. The highest BCUT2D eigenvalue weighted by Gasteiger charge is 2.39. The molecule has 0 bridgehead atoms. The van der Waals surface area contributed by atoms with Crippen LogP contribution >= 0.6 is 0 Å². The van der Waals surface area contributed by atoms with E-state index in [1.807, 2.05) is 0 Å². The van der Waals surface area contributed by atoms with E-state index in [9.17, 15) is 26.7 Å². The Hall–Kier alpha value is -2.56. The van der Waals surface area contributed by atoms with Crippen LogP contribution in [0.25, 0.3) is 0 Å². The van der Waals surface area contributed by atoms with Gasteiger partial charge in [-0.05, 0) is 30.2 Å². The van der Waals surface area contributed by atoms with Gasteiger partial charge < -0.3 is 15.2 Å². The summed E-state index contributed by atoms with van der Waals surface area (Å²) in [5.74, 6) is -2.69. The van der Waals surface area contributed by atoms with Crippen LogP contribution in [0.1, 0.15) is 23.6 Å². The zero-order chi connectivity index (χ0) is 19.8. The predicted octanol–water partition coefficient (Wildman–Crippen LogP) is 1.88. The molecule has 1 atom stereocenters. The molecular weight excluding hydrogens is 373 g/mol. The lowest BCUT2D eigenvalue weighted by molar-refractivity contribution is -0.148. The second-order valence-electron chi connectivity index (χ2n) is 6.31. The van der Waals surface area contributed by atoms with E-state index >= 15 is 0 Å². The van der Waals surface area contributed by atoms with Crippen molar-refractivity contribution in [3.8, 4) is 0 Å². The average molecular weight is 389 g/mol. The highest BCUT2D eigenvalue weighted by Crippen LogP contribution is 2.29. The summed E-state index contributed by atoms with van der Waals surface area (Å²) in [7, 11) is 0. The van der Waals surface area contributed by atoms with Crippen molar-refractivity contribution in [1.82, 2.24) is 19.7 Å². The van der Waals surface area contributed by atoms with Gasteiger partial charge in [0.2, 0.25) is 11.7 Å². The number of halogens is 5. The smallest absolute Gasteiger partial charge is 0.333 e. The average Bonchev–Trinajstić information content (AvgIpc) is 3.01. The van der Waals surface area contributed by atoms with E-state index in [-0.39, 0.29) is 43.9 Å². The predicted molar refractivity (Wildman–Crippen MR) is 83.1 cm³/mol. The number of amides is 1. The minimum Gasteiger partial charge on any atom is -0.333 e. The number of fused-ring (bicyclic) bond motifs is 1. The standard InChI is InChI=1S/C16H16F5N5O/c17-10-1-2-12(18)9(5-10)6-11(22)7-14(27)25-3-4-26-13(8-25)23-24-15(26)16(19,20)21/h1-2,5,11H,3-4,6-8,22H2/t11-/m0/s1. The highest BCUT2D eigenvalue weighted by atomic mass is 19.4. The Morgan fingerprint density at radius 2 is 1.96 bits per heavy atom. The number of hydrogen-bond donors (Lipinski definition) is 1. The first kappa shape index (κ1) is 19.2. The van der Waals surface area contributed by atoms with Crippen LogP contribution in [0.3, 0.4) is 0 Å². The highest BCUT2D eigenvalue weighted by molar-refractivity contribution is 5.76. The third kappa shape index (κ3) is 4.24. The molecule has 0 spiro atoms. The van der Waals surface area contributed by atoms with Gasteiger partial charge in [-0.3, -0.25) is 4.79 Å². The topological polar surface area (TPSA) is 77.0 Å². The third-order valence-electron chi connectivity index (χ3n) is 4.29. The van der Waals surface area contributed by atoms with Crippen LogP contribution in [0.15, 0.2) is 18.2 Å². The summed E-state index contributed by atoms with van der Waals surface area (Å²) < 4.78 is 66.3. The molecule has 146 valence electrons. The molecule has 0 radical (unpaired) electrons. The lowest BCUT2D eigenvalue weighted by Crippen LogP contribution is -2.42. The third-order valence-corrected chi connectivity index (χ3v) is 4.29. The Kier molecular flexibility index (Phi) is 5.13. The quantitative estimate of drug-likeness (QED) is 0.811. The molecule has 0 saturated heterocycles. The molecule has 11 heteroatoms. The van der Waals surface area contributed by atoms with Gasteiger partial charge in [-0.1, -0.05) is 0 Å². The van der Waals surface area contributed by atoms with E-state index in [1.165, 1.54) is 4.90 Å². The van der Waals surface area contributed by atoms with Gasteiger partial charge in [0.05, 0.1) is 6.54 Å². The zero-order valence-corrected chi connectivity index (χ0v) is 14.0.